The van der Waals surface area contributed by atoms with E-state index in [-0.39, 0.29) is 24.0 Å². The quantitative estimate of drug-likeness (QED) is 0.804. The lowest BCUT2D eigenvalue weighted by molar-refractivity contribution is -0.139. The second kappa shape index (κ2) is 8.64. The fourth-order valence-corrected chi connectivity index (χ4v) is 4.36. The molecule has 2 aliphatic rings. The molecule has 2 aromatic rings. The van der Waals surface area contributed by atoms with Crippen LogP contribution < -0.4 is 5.32 Å². The van der Waals surface area contributed by atoms with Crippen molar-refractivity contribution in [2.75, 3.05) is 25.5 Å². The Morgan fingerprint density at radius 3 is 2.64 bits per heavy atom. The predicted molar refractivity (Wildman–Crippen MR) is 103 cm³/mol. The highest BCUT2D eigenvalue weighted by atomic mass is 16.5. The number of nitrogens with one attached hydrogen (secondary N) is 2. The lowest BCUT2D eigenvalue weighted by Gasteiger charge is -2.38. The molecule has 9 heteroatoms. The van der Waals surface area contributed by atoms with Crippen molar-refractivity contribution in [2.45, 2.75) is 50.2 Å². The number of piperidine rings is 1. The van der Waals surface area contributed by atoms with Gasteiger partial charge < -0.3 is 15.0 Å². The molecular formula is C19H27N7O2. The lowest BCUT2D eigenvalue weighted by atomic mass is 9.82. The van der Waals surface area contributed by atoms with E-state index in [0.717, 1.165) is 51.0 Å². The van der Waals surface area contributed by atoms with Crippen molar-refractivity contribution in [1.29, 1.82) is 0 Å². The van der Waals surface area contributed by atoms with Crippen molar-refractivity contribution in [2.24, 2.45) is 5.92 Å². The third kappa shape index (κ3) is 4.14. The van der Waals surface area contributed by atoms with Gasteiger partial charge in [-0.3, -0.25) is 9.89 Å². The Bertz CT molecular complexity index is 747. The Labute approximate surface area is 164 Å². The zero-order chi connectivity index (χ0) is 19.3. The van der Waals surface area contributed by atoms with Crippen molar-refractivity contribution >= 4 is 11.9 Å². The van der Waals surface area contributed by atoms with Crippen LogP contribution in [0.15, 0.2) is 24.8 Å². The van der Waals surface area contributed by atoms with Crippen LogP contribution >= 0.6 is 0 Å². The largest absolute Gasteiger partial charge is 0.379 e. The van der Waals surface area contributed by atoms with Gasteiger partial charge in [0.25, 0.3) is 0 Å². The van der Waals surface area contributed by atoms with E-state index < -0.39 is 0 Å². The molecule has 1 aliphatic heterocycles. The molecule has 3 heterocycles. The number of rotatable bonds is 5. The molecule has 0 spiro atoms. The van der Waals surface area contributed by atoms with Gasteiger partial charge in [-0.05, 0) is 38.2 Å². The fraction of sp³-hybridized carbons (Fsp3) is 0.632. The number of aromatic nitrogens is 5. The summed E-state index contributed by atoms with van der Waals surface area (Å²) >= 11 is 0. The number of hydrogen-bond donors (Lipinski definition) is 2. The number of nitrogens with zero attached hydrogens (tertiary/aromatic N) is 5. The van der Waals surface area contributed by atoms with E-state index in [4.69, 9.17) is 4.74 Å². The number of carbonyl (C=O) groups excluding carboxylic acids is 1. The molecule has 1 saturated heterocycles. The average molecular weight is 385 g/mol. The fourth-order valence-electron chi connectivity index (χ4n) is 4.36. The van der Waals surface area contributed by atoms with Gasteiger partial charge in [-0.1, -0.05) is 0 Å². The van der Waals surface area contributed by atoms with Crippen molar-refractivity contribution in [3.05, 3.63) is 30.6 Å². The van der Waals surface area contributed by atoms with Gasteiger partial charge in [0, 0.05) is 44.4 Å². The van der Waals surface area contributed by atoms with Crippen molar-refractivity contribution < 1.29 is 9.53 Å². The Balaban J connectivity index is 1.31. The van der Waals surface area contributed by atoms with E-state index in [2.05, 4.69) is 30.5 Å². The molecule has 28 heavy (non-hydrogen) atoms. The van der Waals surface area contributed by atoms with Crippen LogP contribution in [0.3, 0.4) is 0 Å². The first-order valence-corrected chi connectivity index (χ1v) is 9.95. The molecule has 150 valence electrons. The Morgan fingerprint density at radius 2 is 1.96 bits per heavy atom. The van der Waals surface area contributed by atoms with Crippen LogP contribution in [-0.4, -0.2) is 68.3 Å². The number of likely N-dealkylation sites (tertiary alicyclic amines) is 1. The van der Waals surface area contributed by atoms with Gasteiger partial charge in [-0.15, -0.1) is 0 Å². The summed E-state index contributed by atoms with van der Waals surface area (Å²) in [6, 6.07) is 1.91. The highest BCUT2D eigenvalue weighted by Crippen LogP contribution is 2.32. The van der Waals surface area contributed by atoms with E-state index >= 15 is 0 Å². The van der Waals surface area contributed by atoms with Crippen molar-refractivity contribution in [3.63, 3.8) is 0 Å². The third-order valence-corrected chi connectivity index (χ3v) is 5.95. The Kier molecular flexibility index (Phi) is 5.80. The smallest absolute Gasteiger partial charge is 0.225 e. The van der Waals surface area contributed by atoms with Crippen LogP contribution in [0.2, 0.25) is 0 Å². The topological polar surface area (TPSA) is 109 Å². The molecule has 0 bridgehead atoms. The molecule has 3 atom stereocenters. The van der Waals surface area contributed by atoms with E-state index in [9.17, 15) is 4.79 Å². The van der Waals surface area contributed by atoms with E-state index in [1.807, 2.05) is 4.90 Å². The molecular weight excluding hydrogens is 358 g/mol. The zero-order valence-corrected chi connectivity index (χ0v) is 16.1. The van der Waals surface area contributed by atoms with Gasteiger partial charge >= 0.3 is 0 Å². The highest BCUT2D eigenvalue weighted by Gasteiger charge is 2.37. The summed E-state index contributed by atoms with van der Waals surface area (Å²) in [4.78, 5) is 27.8. The number of ether oxygens (including phenoxy) is 1. The van der Waals surface area contributed by atoms with Crippen LogP contribution in [0.1, 0.15) is 43.8 Å². The van der Waals surface area contributed by atoms with Crippen LogP contribution in [0.4, 0.5) is 5.95 Å². The molecule has 0 radical (unpaired) electrons. The molecule has 9 nitrogen and oxygen atoms in total. The van der Waals surface area contributed by atoms with Gasteiger partial charge in [0.2, 0.25) is 11.9 Å². The minimum absolute atomic E-state index is 0.0153. The first-order chi connectivity index (χ1) is 13.7. The van der Waals surface area contributed by atoms with E-state index in [0.29, 0.717) is 11.9 Å². The molecule has 1 amide bonds. The second-order valence-electron chi connectivity index (χ2n) is 7.58. The standard InChI is InChI=1S/C19H27N7O2/c1-28-16-11-14(3-4-15(16)24-19-20-7-2-8-21-19)18(27)26-9-5-13(6-10-26)17-22-12-23-25-17/h2,7-8,12-16H,3-6,9-11H2,1H3,(H,20,21,24)(H,22,23,25)/t14-,15-,16-/m0/s1. The first kappa shape index (κ1) is 18.8. The van der Waals surface area contributed by atoms with E-state index in [1.54, 1.807) is 31.9 Å². The lowest BCUT2D eigenvalue weighted by Crippen LogP contribution is -2.47. The average Bonchev–Trinajstić information content (AvgIpc) is 3.29. The normalized spacial score (nSPS) is 26.2. The summed E-state index contributed by atoms with van der Waals surface area (Å²) in [5.41, 5.74) is 0. The molecule has 1 aliphatic carbocycles. The third-order valence-electron chi connectivity index (χ3n) is 5.95. The van der Waals surface area contributed by atoms with Gasteiger partial charge in [-0.2, -0.15) is 5.10 Å². The molecule has 0 unspecified atom stereocenters. The van der Waals surface area contributed by atoms with Gasteiger partial charge in [0.15, 0.2) is 0 Å². The van der Waals surface area contributed by atoms with Crippen LogP contribution in [-0.2, 0) is 9.53 Å². The molecule has 0 aromatic carbocycles. The maximum absolute atomic E-state index is 13.1. The number of aromatic amines is 1. The van der Waals surface area contributed by atoms with Crippen LogP contribution in [0, 0.1) is 5.92 Å². The summed E-state index contributed by atoms with van der Waals surface area (Å²) in [6.07, 6.45) is 9.25. The summed E-state index contributed by atoms with van der Waals surface area (Å²) < 4.78 is 5.70. The van der Waals surface area contributed by atoms with Gasteiger partial charge in [0.05, 0.1) is 12.1 Å². The molecule has 2 N–H and O–H groups in total. The van der Waals surface area contributed by atoms with Gasteiger partial charge in [-0.25, -0.2) is 15.0 Å². The first-order valence-electron chi connectivity index (χ1n) is 9.95. The maximum Gasteiger partial charge on any atom is 0.225 e. The number of H-pyrrole nitrogens is 1. The second-order valence-corrected chi connectivity index (χ2v) is 7.58. The molecule has 4 rings (SSSR count). The number of hydrogen-bond acceptors (Lipinski definition) is 7. The SMILES string of the molecule is CO[C@H]1C[C@@H](C(=O)N2CCC(c3ncn[nH]3)CC2)CC[C@@H]1Nc1ncccn1. The molecule has 2 aromatic heterocycles. The number of amides is 1. The summed E-state index contributed by atoms with van der Waals surface area (Å²) in [6.45, 7) is 1.55. The summed E-state index contributed by atoms with van der Waals surface area (Å²) in [5.74, 6) is 2.17. The number of methoxy groups -OCH3 is 1. The number of anilines is 1. The minimum atomic E-state index is -0.0294. The molecule has 1 saturated carbocycles. The zero-order valence-electron chi connectivity index (χ0n) is 16.1. The van der Waals surface area contributed by atoms with Crippen LogP contribution in [0.5, 0.6) is 0 Å². The monoisotopic (exact) mass is 385 g/mol. The Morgan fingerprint density at radius 1 is 1.18 bits per heavy atom. The van der Waals surface area contributed by atoms with Crippen LogP contribution in [0.25, 0.3) is 0 Å². The number of carbonyl (C=O) groups is 1. The van der Waals surface area contributed by atoms with Gasteiger partial charge in [0.1, 0.15) is 12.2 Å². The van der Waals surface area contributed by atoms with Crippen molar-refractivity contribution in [1.82, 2.24) is 30.0 Å². The summed E-state index contributed by atoms with van der Waals surface area (Å²) in [7, 11) is 1.71. The Hall–Kier alpha value is -2.55. The van der Waals surface area contributed by atoms with Crippen molar-refractivity contribution in [3.8, 4) is 0 Å². The van der Waals surface area contributed by atoms with E-state index in [1.165, 1.54) is 0 Å². The predicted octanol–water partition coefficient (Wildman–Crippen LogP) is 1.60. The minimum Gasteiger partial charge on any atom is -0.379 e. The summed E-state index contributed by atoms with van der Waals surface area (Å²) in [5, 5.41) is 10.2. The molecule has 2 fully saturated rings. The maximum atomic E-state index is 13.1. The highest BCUT2D eigenvalue weighted by molar-refractivity contribution is 5.79.